The zero-order valence-corrected chi connectivity index (χ0v) is 17.0. The van der Waals surface area contributed by atoms with Crippen molar-refractivity contribution in [2.24, 2.45) is 5.92 Å². The lowest BCUT2D eigenvalue weighted by atomic mass is 10.1. The molecule has 144 valence electrons. The van der Waals surface area contributed by atoms with Gasteiger partial charge >= 0.3 is 0 Å². The second-order valence-electron chi connectivity index (χ2n) is 6.83. The fourth-order valence-electron chi connectivity index (χ4n) is 2.63. The van der Waals surface area contributed by atoms with Gasteiger partial charge in [-0.25, -0.2) is 0 Å². The van der Waals surface area contributed by atoms with Crippen LogP contribution in [0.1, 0.15) is 35.5 Å². The fraction of sp³-hybridized carbons (Fsp3) is 0.227. The van der Waals surface area contributed by atoms with Crippen molar-refractivity contribution in [3.63, 3.8) is 0 Å². The number of hydrogen-bond donors (Lipinski definition) is 2. The molecular formula is C22H23N3O2S. The van der Waals surface area contributed by atoms with E-state index in [2.05, 4.69) is 15.6 Å². The molecule has 0 radical (unpaired) electrons. The van der Waals surface area contributed by atoms with E-state index in [1.165, 1.54) is 0 Å². The normalized spacial score (nSPS) is 10.7. The molecule has 2 heterocycles. The highest BCUT2D eigenvalue weighted by molar-refractivity contribution is 7.13. The molecular weight excluding hydrogens is 370 g/mol. The Bertz CT molecular complexity index is 964. The van der Waals surface area contributed by atoms with E-state index in [9.17, 15) is 9.59 Å². The molecule has 0 unspecified atom stereocenters. The van der Waals surface area contributed by atoms with Crippen LogP contribution in [0.15, 0.2) is 53.9 Å². The zero-order valence-electron chi connectivity index (χ0n) is 16.2. The lowest BCUT2D eigenvalue weighted by Crippen LogP contribution is -2.24. The predicted octanol–water partition coefficient (Wildman–Crippen LogP) is 4.64. The summed E-state index contributed by atoms with van der Waals surface area (Å²) in [6, 6.07) is 15.1. The molecule has 2 amide bonds. The van der Waals surface area contributed by atoms with E-state index in [-0.39, 0.29) is 17.7 Å². The number of carbonyl (C=O) groups excluding carboxylic acids is 2. The Morgan fingerprint density at radius 1 is 1.07 bits per heavy atom. The second-order valence-corrected chi connectivity index (χ2v) is 7.78. The van der Waals surface area contributed by atoms with Crippen molar-refractivity contribution < 1.29 is 9.59 Å². The summed E-state index contributed by atoms with van der Waals surface area (Å²) < 4.78 is 0. The Balaban J connectivity index is 1.60. The maximum Gasteiger partial charge on any atom is 0.253 e. The molecule has 28 heavy (non-hydrogen) atoms. The van der Waals surface area contributed by atoms with E-state index in [1.54, 1.807) is 11.3 Å². The molecule has 0 fully saturated rings. The van der Waals surface area contributed by atoms with Crippen molar-refractivity contribution in [1.29, 1.82) is 0 Å². The van der Waals surface area contributed by atoms with Crippen LogP contribution in [0.25, 0.3) is 10.6 Å². The molecule has 3 aromatic rings. The second kappa shape index (κ2) is 8.80. The number of pyridine rings is 1. The molecule has 5 nitrogen and oxygen atoms in total. The number of rotatable bonds is 6. The lowest BCUT2D eigenvalue weighted by molar-refractivity contribution is -0.118. The van der Waals surface area contributed by atoms with E-state index < -0.39 is 0 Å². The van der Waals surface area contributed by atoms with Crippen molar-refractivity contribution in [3.05, 3.63) is 70.7 Å². The number of anilines is 1. The quantitative estimate of drug-likeness (QED) is 0.641. The number of hydrogen-bond acceptors (Lipinski definition) is 4. The summed E-state index contributed by atoms with van der Waals surface area (Å²) in [5.74, 6) is -0.239. The van der Waals surface area contributed by atoms with Crippen molar-refractivity contribution in [2.75, 3.05) is 5.32 Å². The van der Waals surface area contributed by atoms with Crippen LogP contribution in [0.3, 0.4) is 0 Å². The summed E-state index contributed by atoms with van der Waals surface area (Å²) in [5.41, 5.74) is 3.86. The number of nitrogens with one attached hydrogen (secondary N) is 2. The molecule has 6 heteroatoms. The maximum atomic E-state index is 12.5. The standard InChI is InChI=1S/C22H23N3O2S/c1-14(2)21(26)25-17-8-6-16(7-9-17)13-23-22(27)18-10-11-19(24-15(18)3)20-5-4-12-28-20/h4-12,14H,13H2,1-3H3,(H,23,27)(H,25,26). The summed E-state index contributed by atoms with van der Waals surface area (Å²) >= 11 is 1.62. The monoisotopic (exact) mass is 393 g/mol. The third-order valence-corrected chi connectivity index (χ3v) is 5.20. The largest absolute Gasteiger partial charge is 0.348 e. The Morgan fingerprint density at radius 3 is 2.43 bits per heavy atom. The van der Waals surface area contributed by atoms with Crippen LogP contribution in [-0.2, 0) is 11.3 Å². The van der Waals surface area contributed by atoms with Gasteiger partial charge in [-0.05, 0) is 48.2 Å². The lowest BCUT2D eigenvalue weighted by Gasteiger charge is -2.10. The minimum atomic E-state index is -0.153. The van der Waals surface area contributed by atoms with Gasteiger partial charge < -0.3 is 10.6 Å². The van der Waals surface area contributed by atoms with Gasteiger partial charge in [0.05, 0.1) is 21.8 Å². The van der Waals surface area contributed by atoms with E-state index in [1.807, 2.05) is 74.7 Å². The molecule has 0 spiro atoms. The average molecular weight is 394 g/mol. The van der Waals surface area contributed by atoms with Gasteiger partial charge in [-0.2, -0.15) is 0 Å². The Kier molecular flexibility index (Phi) is 6.21. The van der Waals surface area contributed by atoms with Crippen LogP contribution < -0.4 is 10.6 Å². The highest BCUT2D eigenvalue weighted by atomic mass is 32.1. The van der Waals surface area contributed by atoms with Gasteiger partial charge in [-0.1, -0.05) is 32.0 Å². The minimum absolute atomic E-state index is 0.0185. The van der Waals surface area contributed by atoms with Crippen molar-refractivity contribution in [1.82, 2.24) is 10.3 Å². The predicted molar refractivity (Wildman–Crippen MR) is 113 cm³/mol. The van der Waals surface area contributed by atoms with Crippen LogP contribution in [-0.4, -0.2) is 16.8 Å². The van der Waals surface area contributed by atoms with Crippen molar-refractivity contribution in [3.8, 4) is 10.6 Å². The molecule has 0 atom stereocenters. The van der Waals surface area contributed by atoms with Gasteiger partial charge in [0.2, 0.25) is 5.91 Å². The highest BCUT2D eigenvalue weighted by Crippen LogP contribution is 2.23. The summed E-state index contributed by atoms with van der Waals surface area (Å²) in [6.07, 6.45) is 0. The number of aryl methyl sites for hydroxylation is 1. The van der Waals surface area contributed by atoms with E-state index in [0.717, 1.165) is 21.8 Å². The first kappa shape index (κ1) is 19.8. The molecule has 2 N–H and O–H groups in total. The first-order valence-corrected chi connectivity index (χ1v) is 10.0. The molecule has 2 aromatic heterocycles. The van der Waals surface area contributed by atoms with Crippen molar-refractivity contribution in [2.45, 2.75) is 27.3 Å². The Morgan fingerprint density at radius 2 is 1.82 bits per heavy atom. The third kappa shape index (κ3) is 4.84. The van der Waals surface area contributed by atoms with Gasteiger partial charge in [0.15, 0.2) is 0 Å². The maximum absolute atomic E-state index is 12.5. The average Bonchev–Trinajstić information content (AvgIpc) is 3.22. The van der Waals surface area contributed by atoms with Crippen LogP contribution in [0.4, 0.5) is 5.69 Å². The topological polar surface area (TPSA) is 71.1 Å². The molecule has 0 aliphatic rings. The number of nitrogens with zero attached hydrogens (tertiary/aromatic N) is 1. The van der Waals surface area contributed by atoms with E-state index in [0.29, 0.717) is 17.8 Å². The van der Waals surface area contributed by atoms with Crippen molar-refractivity contribution >= 4 is 28.8 Å². The summed E-state index contributed by atoms with van der Waals surface area (Å²) in [4.78, 5) is 29.9. The van der Waals surface area contributed by atoms with Gasteiger partial charge in [0, 0.05) is 18.2 Å². The Hall–Kier alpha value is -2.99. The van der Waals surface area contributed by atoms with E-state index >= 15 is 0 Å². The van der Waals surface area contributed by atoms with Gasteiger partial charge in [-0.3, -0.25) is 14.6 Å². The first-order valence-electron chi connectivity index (χ1n) is 9.13. The number of benzene rings is 1. The number of carbonyl (C=O) groups is 2. The van der Waals surface area contributed by atoms with Crippen LogP contribution >= 0.6 is 11.3 Å². The number of aromatic nitrogens is 1. The number of thiophene rings is 1. The molecule has 0 aliphatic carbocycles. The Labute approximate surface area is 168 Å². The van der Waals surface area contributed by atoms with Gasteiger partial charge in [0.1, 0.15) is 0 Å². The smallest absolute Gasteiger partial charge is 0.253 e. The van der Waals surface area contributed by atoms with Gasteiger partial charge in [0.25, 0.3) is 5.91 Å². The SMILES string of the molecule is Cc1nc(-c2cccs2)ccc1C(=O)NCc1ccc(NC(=O)C(C)C)cc1. The number of amides is 2. The molecule has 3 rings (SSSR count). The van der Waals surface area contributed by atoms with E-state index in [4.69, 9.17) is 0 Å². The molecule has 0 saturated carbocycles. The van der Waals surface area contributed by atoms with Crippen LogP contribution in [0.5, 0.6) is 0 Å². The highest BCUT2D eigenvalue weighted by Gasteiger charge is 2.12. The minimum Gasteiger partial charge on any atom is -0.348 e. The fourth-order valence-corrected chi connectivity index (χ4v) is 3.33. The molecule has 0 bridgehead atoms. The van der Waals surface area contributed by atoms with Crippen LogP contribution in [0, 0.1) is 12.8 Å². The molecule has 1 aromatic carbocycles. The van der Waals surface area contributed by atoms with Gasteiger partial charge in [-0.15, -0.1) is 11.3 Å². The molecule has 0 saturated heterocycles. The zero-order chi connectivity index (χ0) is 20.1. The third-order valence-electron chi connectivity index (χ3n) is 4.30. The summed E-state index contributed by atoms with van der Waals surface area (Å²) in [7, 11) is 0. The summed E-state index contributed by atoms with van der Waals surface area (Å²) in [6.45, 7) is 5.95. The van der Waals surface area contributed by atoms with Crippen LogP contribution in [0.2, 0.25) is 0 Å². The molecule has 0 aliphatic heterocycles. The first-order chi connectivity index (χ1) is 13.4. The summed E-state index contributed by atoms with van der Waals surface area (Å²) in [5, 5.41) is 7.78.